The molecular formula is C12H13ClN2O2S. The second kappa shape index (κ2) is 6.11. The van der Waals surface area contributed by atoms with E-state index < -0.39 is 0 Å². The highest BCUT2D eigenvalue weighted by Crippen LogP contribution is 2.15. The van der Waals surface area contributed by atoms with E-state index in [4.69, 9.17) is 16.3 Å². The summed E-state index contributed by atoms with van der Waals surface area (Å²) in [5, 5.41) is 0.672. The minimum Gasteiger partial charge on any atom is -0.465 e. The van der Waals surface area contributed by atoms with Crippen LogP contribution < -0.4 is 0 Å². The van der Waals surface area contributed by atoms with Crippen LogP contribution in [0.15, 0.2) is 24.5 Å². The second-order valence-electron chi connectivity index (χ2n) is 3.64. The summed E-state index contributed by atoms with van der Waals surface area (Å²) in [5.74, 6) is 0.843. The maximum Gasteiger partial charge on any atom is 0.315 e. The van der Waals surface area contributed by atoms with Crippen molar-refractivity contribution in [2.75, 3.05) is 12.4 Å². The molecule has 0 amide bonds. The number of halogens is 1. The van der Waals surface area contributed by atoms with Crippen LogP contribution in [0, 0.1) is 0 Å². The molecule has 0 radical (unpaired) electrons. The standard InChI is InChI=1S/C12H13ClN2O2S/c1-2-17-12(16)8-18-7-10-6-15-5-9(13)3-4-11(15)14-10/h3-6H,2,7-8H2,1H3. The van der Waals surface area contributed by atoms with Gasteiger partial charge in [0.1, 0.15) is 5.65 Å². The SMILES string of the molecule is CCOC(=O)CSCc1cn2cc(Cl)ccc2n1. The molecule has 0 aliphatic carbocycles. The van der Waals surface area contributed by atoms with Crippen LogP contribution in [0.3, 0.4) is 0 Å². The van der Waals surface area contributed by atoms with Crippen molar-refractivity contribution < 1.29 is 9.53 Å². The first-order valence-corrected chi connectivity index (χ1v) is 7.09. The molecule has 2 aromatic heterocycles. The molecule has 0 fully saturated rings. The quantitative estimate of drug-likeness (QED) is 0.792. The number of ether oxygens (including phenoxy) is 1. The van der Waals surface area contributed by atoms with Gasteiger partial charge in [0.15, 0.2) is 0 Å². The van der Waals surface area contributed by atoms with Crippen molar-refractivity contribution in [1.82, 2.24) is 9.38 Å². The molecule has 0 N–H and O–H groups in total. The Kier molecular flexibility index (Phi) is 4.49. The number of imidazole rings is 1. The maximum absolute atomic E-state index is 11.2. The smallest absolute Gasteiger partial charge is 0.315 e. The van der Waals surface area contributed by atoms with Crippen molar-refractivity contribution in [2.24, 2.45) is 0 Å². The minimum absolute atomic E-state index is 0.186. The van der Waals surface area contributed by atoms with Gasteiger partial charge in [0.2, 0.25) is 0 Å². The number of hydrogen-bond donors (Lipinski definition) is 0. The maximum atomic E-state index is 11.2. The summed E-state index contributed by atoms with van der Waals surface area (Å²) in [6, 6.07) is 3.67. The molecule has 6 heteroatoms. The van der Waals surface area contributed by atoms with E-state index in [1.54, 1.807) is 13.0 Å². The van der Waals surface area contributed by atoms with Gasteiger partial charge in [0.25, 0.3) is 0 Å². The first kappa shape index (κ1) is 13.2. The van der Waals surface area contributed by atoms with Gasteiger partial charge < -0.3 is 9.14 Å². The van der Waals surface area contributed by atoms with Gasteiger partial charge in [-0.05, 0) is 19.1 Å². The van der Waals surface area contributed by atoms with Crippen LogP contribution in [0.25, 0.3) is 5.65 Å². The monoisotopic (exact) mass is 284 g/mol. The van der Waals surface area contributed by atoms with E-state index in [-0.39, 0.29) is 5.97 Å². The molecule has 0 saturated heterocycles. The first-order valence-electron chi connectivity index (χ1n) is 5.55. The van der Waals surface area contributed by atoms with Gasteiger partial charge in [-0.25, -0.2) is 4.98 Å². The third-order valence-corrected chi connectivity index (χ3v) is 3.40. The van der Waals surface area contributed by atoms with E-state index >= 15 is 0 Å². The Morgan fingerprint density at radius 2 is 2.33 bits per heavy atom. The summed E-state index contributed by atoms with van der Waals surface area (Å²) in [4.78, 5) is 15.6. The molecule has 2 aromatic rings. The highest BCUT2D eigenvalue weighted by atomic mass is 35.5. The van der Waals surface area contributed by atoms with Crippen molar-refractivity contribution in [1.29, 1.82) is 0 Å². The van der Waals surface area contributed by atoms with Gasteiger partial charge in [-0.3, -0.25) is 4.79 Å². The lowest BCUT2D eigenvalue weighted by atomic mass is 10.5. The highest BCUT2D eigenvalue weighted by Gasteiger charge is 2.05. The Morgan fingerprint density at radius 3 is 3.11 bits per heavy atom. The third kappa shape index (κ3) is 3.40. The molecule has 0 aliphatic rings. The number of fused-ring (bicyclic) bond motifs is 1. The summed E-state index contributed by atoms with van der Waals surface area (Å²) in [7, 11) is 0. The van der Waals surface area contributed by atoms with Crippen molar-refractivity contribution in [3.63, 3.8) is 0 Å². The molecule has 0 bridgehead atoms. The summed E-state index contributed by atoms with van der Waals surface area (Å²) >= 11 is 7.38. The van der Waals surface area contributed by atoms with E-state index in [9.17, 15) is 4.79 Å². The lowest BCUT2D eigenvalue weighted by Gasteiger charge is -1.99. The molecule has 2 rings (SSSR count). The lowest BCUT2D eigenvalue weighted by Crippen LogP contribution is -2.06. The molecule has 96 valence electrons. The van der Waals surface area contributed by atoms with Crippen molar-refractivity contribution in [3.8, 4) is 0 Å². The lowest BCUT2D eigenvalue weighted by molar-refractivity contribution is -0.139. The van der Waals surface area contributed by atoms with Gasteiger partial charge >= 0.3 is 5.97 Å². The predicted molar refractivity (Wildman–Crippen MR) is 73.0 cm³/mol. The Balaban J connectivity index is 1.94. The van der Waals surface area contributed by atoms with E-state index in [0.29, 0.717) is 23.1 Å². The van der Waals surface area contributed by atoms with Crippen LogP contribution in [-0.2, 0) is 15.3 Å². The van der Waals surface area contributed by atoms with Crippen LogP contribution >= 0.6 is 23.4 Å². The van der Waals surface area contributed by atoms with Gasteiger partial charge in [-0.1, -0.05) is 11.6 Å². The highest BCUT2D eigenvalue weighted by molar-refractivity contribution is 7.99. The van der Waals surface area contributed by atoms with Crippen LogP contribution in [0.2, 0.25) is 5.02 Å². The number of nitrogens with zero attached hydrogens (tertiary/aromatic N) is 2. The number of carbonyl (C=O) groups is 1. The Hall–Kier alpha value is -1.20. The Labute approximate surface area is 114 Å². The number of rotatable bonds is 5. The number of pyridine rings is 1. The van der Waals surface area contributed by atoms with Crippen LogP contribution in [-0.4, -0.2) is 27.7 Å². The molecule has 0 aromatic carbocycles. The van der Waals surface area contributed by atoms with Crippen LogP contribution in [0.4, 0.5) is 0 Å². The summed E-state index contributed by atoms with van der Waals surface area (Å²) in [6.45, 7) is 2.22. The minimum atomic E-state index is -0.186. The summed E-state index contributed by atoms with van der Waals surface area (Å²) in [6.07, 6.45) is 3.72. The van der Waals surface area contributed by atoms with Crippen LogP contribution in [0.5, 0.6) is 0 Å². The fraction of sp³-hybridized carbons (Fsp3) is 0.333. The first-order chi connectivity index (χ1) is 8.69. The van der Waals surface area contributed by atoms with Gasteiger partial charge in [0, 0.05) is 18.1 Å². The molecule has 0 unspecified atom stereocenters. The number of esters is 1. The van der Waals surface area contributed by atoms with Crippen molar-refractivity contribution in [3.05, 3.63) is 35.2 Å². The average Bonchev–Trinajstić information content (AvgIpc) is 2.71. The fourth-order valence-electron chi connectivity index (χ4n) is 1.53. The average molecular weight is 285 g/mol. The number of aromatic nitrogens is 2. The van der Waals surface area contributed by atoms with Crippen LogP contribution in [0.1, 0.15) is 12.6 Å². The zero-order valence-corrected chi connectivity index (χ0v) is 11.5. The molecule has 0 aliphatic heterocycles. The predicted octanol–water partition coefficient (Wildman–Crippen LogP) is 2.78. The molecular weight excluding hydrogens is 272 g/mol. The second-order valence-corrected chi connectivity index (χ2v) is 5.06. The van der Waals surface area contributed by atoms with Gasteiger partial charge in [0.05, 0.1) is 23.1 Å². The molecule has 2 heterocycles. The Morgan fingerprint density at radius 1 is 1.50 bits per heavy atom. The molecule has 18 heavy (non-hydrogen) atoms. The van der Waals surface area contributed by atoms with E-state index in [1.807, 2.05) is 22.9 Å². The summed E-state index contributed by atoms with van der Waals surface area (Å²) < 4.78 is 6.73. The molecule has 0 spiro atoms. The fourth-order valence-corrected chi connectivity index (χ4v) is 2.40. The normalized spacial score (nSPS) is 10.8. The number of thioether (sulfide) groups is 1. The van der Waals surface area contributed by atoms with Gasteiger partial charge in [-0.15, -0.1) is 11.8 Å². The topological polar surface area (TPSA) is 43.6 Å². The largest absolute Gasteiger partial charge is 0.465 e. The number of hydrogen-bond acceptors (Lipinski definition) is 4. The van der Waals surface area contributed by atoms with E-state index in [1.165, 1.54) is 11.8 Å². The van der Waals surface area contributed by atoms with E-state index in [2.05, 4.69) is 4.98 Å². The zero-order valence-electron chi connectivity index (χ0n) is 9.93. The summed E-state index contributed by atoms with van der Waals surface area (Å²) in [5.41, 5.74) is 1.78. The Bertz CT molecular complexity index is 556. The van der Waals surface area contributed by atoms with Crippen molar-refractivity contribution in [2.45, 2.75) is 12.7 Å². The third-order valence-electron chi connectivity index (χ3n) is 2.24. The van der Waals surface area contributed by atoms with Crippen molar-refractivity contribution >= 4 is 35.0 Å². The molecule has 4 nitrogen and oxygen atoms in total. The van der Waals surface area contributed by atoms with Gasteiger partial charge in [-0.2, -0.15) is 0 Å². The molecule has 0 saturated carbocycles. The number of carbonyl (C=O) groups excluding carboxylic acids is 1. The van der Waals surface area contributed by atoms with E-state index in [0.717, 1.165) is 11.3 Å². The zero-order chi connectivity index (χ0) is 13.0. The molecule has 0 atom stereocenters.